The van der Waals surface area contributed by atoms with Crippen molar-refractivity contribution in [1.29, 1.82) is 0 Å². The van der Waals surface area contributed by atoms with Crippen LogP contribution in [0, 0.1) is 0 Å². The Morgan fingerprint density at radius 2 is 1.37 bits per heavy atom. The van der Waals surface area contributed by atoms with Gasteiger partial charge in [0.05, 0.1) is 5.56 Å². The Balaban J connectivity index is 1.65. The number of amides is 2. The van der Waals surface area contributed by atoms with Gasteiger partial charge in [-0.2, -0.15) is 0 Å². The van der Waals surface area contributed by atoms with Crippen molar-refractivity contribution in [2.45, 2.75) is 45.4 Å². The summed E-state index contributed by atoms with van der Waals surface area (Å²) in [7, 11) is 0. The van der Waals surface area contributed by atoms with E-state index in [2.05, 4.69) is 10.6 Å². The third-order valence-corrected chi connectivity index (χ3v) is 4.89. The molecule has 1 atom stereocenters. The van der Waals surface area contributed by atoms with Gasteiger partial charge in [-0.25, -0.2) is 9.59 Å². The van der Waals surface area contributed by atoms with Gasteiger partial charge < -0.3 is 20.1 Å². The van der Waals surface area contributed by atoms with Crippen molar-refractivity contribution < 1.29 is 23.9 Å². The Labute approximate surface area is 205 Å². The lowest BCUT2D eigenvalue weighted by atomic mass is 10.1. The number of hydrogen-bond donors (Lipinski definition) is 2. The van der Waals surface area contributed by atoms with Gasteiger partial charge in [0.1, 0.15) is 18.2 Å². The summed E-state index contributed by atoms with van der Waals surface area (Å²) < 4.78 is 10.7. The predicted molar refractivity (Wildman–Crippen MR) is 134 cm³/mol. The molecular formula is C28H30N2O5. The topological polar surface area (TPSA) is 93.7 Å². The van der Waals surface area contributed by atoms with Gasteiger partial charge in [-0.3, -0.25) is 4.79 Å². The maximum absolute atomic E-state index is 13.1. The maximum Gasteiger partial charge on any atom is 0.408 e. The van der Waals surface area contributed by atoms with Crippen LogP contribution in [0.2, 0.25) is 0 Å². The lowest BCUT2D eigenvalue weighted by Crippen LogP contribution is -2.45. The van der Waals surface area contributed by atoms with E-state index in [4.69, 9.17) is 9.47 Å². The van der Waals surface area contributed by atoms with Crippen LogP contribution < -0.4 is 10.6 Å². The zero-order chi connectivity index (χ0) is 25.3. The second kappa shape index (κ2) is 11.8. The second-order valence-electron chi connectivity index (χ2n) is 9.02. The molecule has 0 unspecified atom stereocenters. The van der Waals surface area contributed by atoms with Gasteiger partial charge in [-0.15, -0.1) is 0 Å². The van der Waals surface area contributed by atoms with Gasteiger partial charge in [0, 0.05) is 12.1 Å². The number of hydrogen-bond acceptors (Lipinski definition) is 5. The number of alkyl carbamates (subject to hydrolysis) is 1. The molecule has 7 nitrogen and oxygen atoms in total. The number of carbonyl (C=O) groups is 3. The standard InChI is InChI=1S/C28H30N2O5/c1-28(2,3)35-26(32)22-14-16-23(17-15-22)29-25(31)24(18-20-10-6-4-7-11-20)30-27(33)34-19-21-12-8-5-9-13-21/h4-17,24H,18-19H2,1-3H3,(H,29,31)(H,30,33)/t24-/m0/s1. The third kappa shape index (κ3) is 8.62. The van der Waals surface area contributed by atoms with Crippen LogP contribution >= 0.6 is 0 Å². The number of benzene rings is 3. The molecule has 35 heavy (non-hydrogen) atoms. The summed E-state index contributed by atoms with van der Waals surface area (Å²) >= 11 is 0. The molecule has 0 saturated heterocycles. The first-order valence-corrected chi connectivity index (χ1v) is 11.3. The average Bonchev–Trinajstić information content (AvgIpc) is 2.83. The molecule has 0 aliphatic rings. The van der Waals surface area contributed by atoms with E-state index in [0.717, 1.165) is 11.1 Å². The lowest BCUT2D eigenvalue weighted by molar-refractivity contribution is -0.118. The quantitative estimate of drug-likeness (QED) is 0.442. The van der Waals surface area contributed by atoms with Crippen molar-refractivity contribution in [3.8, 4) is 0 Å². The molecule has 0 aromatic heterocycles. The molecule has 0 bridgehead atoms. The van der Waals surface area contributed by atoms with E-state index in [9.17, 15) is 14.4 Å². The molecule has 0 spiro atoms. The van der Waals surface area contributed by atoms with Crippen LogP contribution in [-0.4, -0.2) is 29.6 Å². The summed E-state index contributed by atoms with van der Waals surface area (Å²) in [5.74, 6) is -0.851. The number of ether oxygens (including phenoxy) is 2. The fraction of sp³-hybridized carbons (Fsp3) is 0.250. The number of esters is 1. The van der Waals surface area contributed by atoms with Crippen LogP contribution in [0.1, 0.15) is 42.3 Å². The Morgan fingerprint density at radius 3 is 1.94 bits per heavy atom. The summed E-state index contributed by atoms with van der Waals surface area (Å²) in [5, 5.41) is 5.46. The zero-order valence-corrected chi connectivity index (χ0v) is 20.1. The van der Waals surface area contributed by atoms with Gasteiger partial charge in [0.2, 0.25) is 5.91 Å². The highest BCUT2D eigenvalue weighted by atomic mass is 16.6. The van der Waals surface area contributed by atoms with Crippen molar-refractivity contribution in [1.82, 2.24) is 5.32 Å². The predicted octanol–water partition coefficient (Wildman–Crippen LogP) is 5.12. The molecule has 0 aliphatic carbocycles. The van der Waals surface area contributed by atoms with Crippen LogP contribution in [0.4, 0.5) is 10.5 Å². The summed E-state index contributed by atoms with van der Waals surface area (Å²) in [6.45, 7) is 5.48. The molecule has 0 radical (unpaired) electrons. The van der Waals surface area contributed by atoms with Crippen molar-refractivity contribution in [3.05, 3.63) is 102 Å². The van der Waals surface area contributed by atoms with E-state index in [-0.39, 0.29) is 13.0 Å². The molecule has 0 saturated carbocycles. The van der Waals surface area contributed by atoms with Crippen LogP contribution in [0.3, 0.4) is 0 Å². The minimum absolute atomic E-state index is 0.0957. The smallest absolute Gasteiger partial charge is 0.408 e. The maximum atomic E-state index is 13.1. The molecule has 0 aliphatic heterocycles. The van der Waals surface area contributed by atoms with Crippen molar-refractivity contribution in [2.75, 3.05) is 5.32 Å². The van der Waals surface area contributed by atoms with E-state index in [1.807, 2.05) is 60.7 Å². The van der Waals surface area contributed by atoms with Crippen molar-refractivity contribution in [3.63, 3.8) is 0 Å². The first kappa shape index (κ1) is 25.5. The van der Waals surface area contributed by atoms with Crippen LogP contribution in [0.5, 0.6) is 0 Å². The molecule has 0 heterocycles. The molecule has 3 aromatic rings. The molecule has 0 fully saturated rings. The fourth-order valence-electron chi connectivity index (χ4n) is 3.22. The van der Waals surface area contributed by atoms with Crippen molar-refractivity contribution in [2.24, 2.45) is 0 Å². The highest BCUT2D eigenvalue weighted by Gasteiger charge is 2.23. The van der Waals surface area contributed by atoms with Gasteiger partial charge in [-0.1, -0.05) is 60.7 Å². The molecule has 3 aromatic carbocycles. The van der Waals surface area contributed by atoms with Crippen LogP contribution in [0.25, 0.3) is 0 Å². The van der Waals surface area contributed by atoms with Crippen LogP contribution in [0.15, 0.2) is 84.9 Å². The Hall–Kier alpha value is -4.13. The number of rotatable bonds is 8. The number of carbonyl (C=O) groups excluding carboxylic acids is 3. The molecule has 2 N–H and O–H groups in total. The van der Waals surface area contributed by atoms with Gasteiger partial charge >= 0.3 is 12.1 Å². The Kier molecular flexibility index (Phi) is 8.62. The van der Waals surface area contributed by atoms with E-state index >= 15 is 0 Å². The summed E-state index contributed by atoms with van der Waals surface area (Å²) in [5.41, 5.74) is 1.99. The van der Waals surface area contributed by atoms with E-state index in [0.29, 0.717) is 11.3 Å². The van der Waals surface area contributed by atoms with Gasteiger partial charge in [0.25, 0.3) is 0 Å². The Morgan fingerprint density at radius 1 is 0.800 bits per heavy atom. The van der Waals surface area contributed by atoms with E-state index in [1.54, 1.807) is 45.0 Å². The van der Waals surface area contributed by atoms with Gasteiger partial charge in [0.15, 0.2) is 0 Å². The van der Waals surface area contributed by atoms with Crippen molar-refractivity contribution >= 4 is 23.7 Å². The molecular weight excluding hydrogens is 444 g/mol. The molecule has 2 amide bonds. The normalized spacial score (nSPS) is 11.7. The summed E-state index contributed by atoms with van der Waals surface area (Å²) in [6.07, 6.45) is -0.409. The van der Waals surface area contributed by atoms with Crippen LogP contribution in [-0.2, 0) is 27.3 Å². The number of anilines is 1. The van der Waals surface area contributed by atoms with E-state index in [1.165, 1.54) is 0 Å². The molecule has 3 rings (SSSR count). The highest BCUT2D eigenvalue weighted by Crippen LogP contribution is 2.16. The number of nitrogens with one attached hydrogen (secondary N) is 2. The summed E-state index contributed by atoms with van der Waals surface area (Å²) in [6, 6.07) is 24.2. The molecule has 7 heteroatoms. The third-order valence-electron chi connectivity index (χ3n) is 4.89. The summed E-state index contributed by atoms with van der Waals surface area (Å²) in [4.78, 5) is 37.7. The first-order chi connectivity index (χ1) is 16.7. The fourth-order valence-corrected chi connectivity index (χ4v) is 3.22. The monoisotopic (exact) mass is 474 g/mol. The second-order valence-corrected chi connectivity index (χ2v) is 9.02. The minimum Gasteiger partial charge on any atom is -0.456 e. The zero-order valence-electron chi connectivity index (χ0n) is 20.1. The SMILES string of the molecule is CC(C)(C)OC(=O)c1ccc(NC(=O)[C@H](Cc2ccccc2)NC(=O)OCc2ccccc2)cc1. The van der Waals surface area contributed by atoms with E-state index < -0.39 is 29.6 Å². The average molecular weight is 475 g/mol. The highest BCUT2D eigenvalue weighted by molar-refractivity contribution is 5.97. The largest absolute Gasteiger partial charge is 0.456 e. The van der Waals surface area contributed by atoms with Gasteiger partial charge in [-0.05, 0) is 56.2 Å². The molecule has 182 valence electrons. The lowest BCUT2D eigenvalue weighted by Gasteiger charge is -2.20. The Bertz CT molecular complexity index is 1120. The first-order valence-electron chi connectivity index (χ1n) is 11.3. The minimum atomic E-state index is -0.869.